The largest absolute Gasteiger partial charge is 0.333 e. The smallest absolute Gasteiger partial charge is 0.268 e. The lowest BCUT2D eigenvalue weighted by Crippen LogP contribution is -2.40. The minimum Gasteiger partial charge on any atom is -0.333 e. The Labute approximate surface area is 129 Å². The second-order valence-electron chi connectivity index (χ2n) is 5.55. The average molecular weight is 306 g/mol. The van der Waals surface area contributed by atoms with Crippen LogP contribution in [0.3, 0.4) is 0 Å². The third-order valence-electron chi connectivity index (χ3n) is 4.34. The molecule has 0 amide bonds. The van der Waals surface area contributed by atoms with Gasteiger partial charge in [0.25, 0.3) is 5.89 Å². The van der Waals surface area contributed by atoms with Crippen LogP contribution in [0.5, 0.6) is 0 Å². The molecule has 3 rings (SSSR count). The fraction of sp³-hybridized carbons (Fsp3) is 0.600. The zero-order chi connectivity index (χ0) is 14.7. The Kier molecular flexibility index (Phi) is 4.67. The van der Waals surface area contributed by atoms with Crippen LogP contribution in [0.2, 0.25) is 0 Å². The second kappa shape index (κ2) is 6.68. The van der Waals surface area contributed by atoms with Crippen molar-refractivity contribution in [2.45, 2.75) is 38.8 Å². The average Bonchev–Trinajstić information content (AvgIpc) is 3.23. The summed E-state index contributed by atoms with van der Waals surface area (Å²) in [6.07, 6.45) is 3.74. The zero-order valence-electron chi connectivity index (χ0n) is 12.4. The van der Waals surface area contributed by atoms with Crippen molar-refractivity contribution in [2.75, 3.05) is 13.1 Å². The van der Waals surface area contributed by atoms with Crippen LogP contribution in [-0.4, -0.2) is 34.2 Å². The van der Waals surface area contributed by atoms with Gasteiger partial charge in [0.15, 0.2) is 5.82 Å². The van der Waals surface area contributed by atoms with E-state index in [4.69, 9.17) is 10.3 Å². The zero-order valence-corrected chi connectivity index (χ0v) is 13.2. The number of rotatable bonds is 6. The molecule has 2 heterocycles. The van der Waals surface area contributed by atoms with Crippen LogP contribution in [0.4, 0.5) is 0 Å². The lowest BCUT2D eigenvalue weighted by atomic mass is 10.0. The lowest BCUT2D eigenvalue weighted by molar-refractivity contribution is 0.156. The molecular weight excluding hydrogens is 284 g/mol. The van der Waals surface area contributed by atoms with Gasteiger partial charge in [-0.15, -0.1) is 11.3 Å². The maximum atomic E-state index is 5.90. The van der Waals surface area contributed by atoms with Gasteiger partial charge < -0.3 is 10.3 Å². The maximum Gasteiger partial charge on any atom is 0.268 e. The van der Waals surface area contributed by atoms with Crippen molar-refractivity contribution in [2.24, 2.45) is 11.7 Å². The van der Waals surface area contributed by atoms with Crippen molar-refractivity contribution in [3.05, 3.63) is 23.3 Å². The molecule has 2 aromatic rings. The first-order chi connectivity index (χ1) is 10.3. The topological polar surface area (TPSA) is 68.2 Å². The molecule has 1 saturated carbocycles. The molecule has 21 heavy (non-hydrogen) atoms. The van der Waals surface area contributed by atoms with Crippen molar-refractivity contribution in [1.82, 2.24) is 15.0 Å². The number of nitrogens with zero attached hydrogens (tertiary/aromatic N) is 3. The summed E-state index contributed by atoms with van der Waals surface area (Å²) >= 11 is 1.62. The first-order valence-electron chi connectivity index (χ1n) is 7.62. The lowest BCUT2D eigenvalue weighted by Gasteiger charge is -2.30. The van der Waals surface area contributed by atoms with Crippen molar-refractivity contribution >= 4 is 11.3 Å². The van der Waals surface area contributed by atoms with Crippen LogP contribution in [0, 0.1) is 5.92 Å². The van der Waals surface area contributed by atoms with Crippen LogP contribution >= 0.6 is 11.3 Å². The molecule has 6 heteroatoms. The van der Waals surface area contributed by atoms with E-state index < -0.39 is 0 Å². The van der Waals surface area contributed by atoms with Crippen molar-refractivity contribution < 1.29 is 4.52 Å². The monoisotopic (exact) mass is 306 g/mol. The molecule has 0 radical (unpaired) electrons. The molecule has 0 aromatic carbocycles. The number of aromatic nitrogens is 2. The molecule has 114 valence electrons. The Hall–Kier alpha value is -1.24. The quantitative estimate of drug-likeness (QED) is 0.888. The SMILES string of the molecule is CCN(Cc1noc(-c2cccs2)n1)C1CCCC1CN. The third kappa shape index (κ3) is 3.17. The minimum atomic E-state index is 0.559. The summed E-state index contributed by atoms with van der Waals surface area (Å²) in [6, 6.07) is 4.55. The van der Waals surface area contributed by atoms with Crippen molar-refractivity contribution in [3.63, 3.8) is 0 Å². The van der Waals surface area contributed by atoms with E-state index in [9.17, 15) is 0 Å². The van der Waals surface area contributed by atoms with E-state index in [2.05, 4.69) is 22.0 Å². The fourth-order valence-corrected chi connectivity index (χ4v) is 3.88. The molecule has 2 aromatic heterocycles. The first kappa shape index (κ1) is 14.7. The Morgan fingerprint density at radius 1 is 1.48 bits per heavy atom. The summed E-state index contributed by atoms with van der Waals surface area (Å²) in [6.45, 7) is 4.69. The molecule has 2 N–H and O–H groups in total. The van der Waals surface area contributed by atoms with Gasteiger partial charge in [-0.3, -0.25) is 4.90 Å². The van der Waals surface area contributed by atoms with Crippen LogP contribution < -0.4 is 5.73 Å². The third-order valence-corrected chi connectivity index (χ3v) is 5.20. The van der Waals surface area contributed by atoms with E-state index >= 15 is 0 Å². The molecule has 0 bridgehead atoms. The highest BCUT2D eigenvalue weighted by Gasteiger charge is 2.31. The fourth-order valence-electron chi connectivity index (χ4n) is 3.24. The van der Waals surface area contributed by atoms with Gasteiger partial charge in [-0.25, -0.2) is 0 Å². The molecule has 2 atom stereocenters. The van der Waals surface area contributed by atoms with Gasteiger partial charge in [0, 0.05) is 6.04 Å². The molecule has 5 nitrogen and oxygen atoms in total. The summed E-state index contributed by atoms with van der Waals surface area (Å²) in [7, 11) is 0. The summed E-state index contributed by atoms with van der Waals surface area (Å²) in [5, 5.41) is 6.15. The molecule has 0 spiro atoms. The normalized spacial score (nSPS) is 22.2. The Morgan fingerprint density at radius 2 is 2.38 bits per heavy atom. The molecule has 1 aliphatic rings. The molecule has 2 unspecified atom stereocenters. The number of hydrogen-bond donors (Lipinski definition) is 1. The predicted octanol–water partition coefficient (Wildman–Crippen LogP) is 2.75. The van der Waals surface area contributed by atoms with Crippen LogP contribution in [0.25, 0.3) is 10.8 Å². The van der Waals surface area contributed by atoms with E-state index in [0.717, 1.165) is 30.3 Å². The van der Waals surface area contributed by atoms with Gasteiger partial charge in [-0.2, -0.15) is 4.98 Å². The summed E-state index contributed by atoms with van der Waals surface area (Å²) in [5.41, 5.74) is 5.90. The highest BCUT2D eigenvalue weighted by molar-refractivity contribution is 7.13. The van der Waals surface area contributed by atoms with E-state index in [-0.39, 0.29) is 0 Å². The van der Waals surface area contributed by atoms with E-state index in [1.54, 1.807) is 11.3 Å². The molecule has 1 fully saturated rings. The Balaban J connectivity index is 1.69. The van der Waals surface area contributed by atoms with Crippen molar-refractivity contribution in [3.8, 4) is 10.8 Å². The van der Waals surface area contributed by atoms with Gasteiger partial charge in [0.2, 0.25) is 0 Å². The number of thiophene rings is 1. The molecular formula is C15H22N4OS. The van der Waals surface area contributed by atoms with Crippen molar-refractivity contribution in [1.29, 1.82) is 0 Å². The van der Waals surface area contributed by atoms with Gasteiger partial charge in [0.05, 0.1) is 11.4 Å². The van der Waals surface area contributed by atoms with Gasteiger partial charge in [-0.1, -0.05) is 24.6 Å². The molecule has 0 aliphatic heterocycles. The standard InChI is InChI=1S/C15H22N4OS/c1-2-19(12-6-3-5-11(12)9-16)10-14-17-15(20-18-14)13-7-4-8-21-13/h4,7-8,11-12H,2-3,5-6,9-10,16H2,1H3. The van der Waals surface area contributed by atoms with E-state index in [1.807, 2.05) is 17.5 Å². The molecule has 0 saturated heterocycles. The van der Waals surface area contributed by atoms with E-state index in [0.29, 0.717) is 17.9 Å². The highest BCUT2D eigenvalue weighted by atomic mass is 32.1. The highest BCUT2D eigenvalue weighted by Crippen LogP contribution is 2.30. The number of hydrogen-bond acceptors (Lipinski definition) is 6. The summed E-state index contributed by atoms with van der Waals surface area (Å²) in [4.78, 5) is 7.99. The summed E-state index contributed by atoms with van der Waals surface area (Å²) < 4.78 is 5.37. The van der Waals surface area contributed by atoms with Crippen LogP contribution in [0.15, 0.2) is 22.0 Å². The minimum absolute atomic E-state index is 0.559. The first-order valence-corrected chi connectivity index (χ1v) is 8.50. The second-order valence-corrected chi connectivity index (χ2v) is 6.50. The van der Waals surface area contributed by atoms with Gasteiger partial charge in [-0.05, 0) is 43.3 Å². The maximum absolute atomic E-state index is 5.90. The van der Waals surface area contributed by atoms with Crippen LogP contribution in [0.1, 0.15) is 32.0 Å². The summed E-state index contributed by atoms with van der Waals surface area (Å²) in [5.74, 6) is 1.99. The van der Waals surface area contributed by atoms with Gasteiger partial charge >= 0.3 is 0 Å². The van der Waals surface area contributed by atoms with Gasteiger partial charge in [0.1, 0.15) is 0 Å². The Bertz CT molecular complexity index is 554. The van der Waals surface area contributed by atoms with Crippen LogP contribution in [-0.2, 0) is 6.54 Å². The Morgan fingerprint density at radius 3 is 3.10 bits per heavy atom. The molecule has 1 aliphatic carbocycles. The van der Waals surface area contributed by atoms with E-state index in [1.165, 1.54) is 19.3 Å². The number of nitrogens with two attached hydrogens (primary N) is 1. The predicted molar refractivity (Wildman–Crippen MR) is 83.9 cm³/mol.